The molecule has 4 aliphatic rings. The minimum Gasteiger partial charge on any atom is -0.390 e. The molecule has 0 spiro atoms. The molecule has 2 N–H and O–H groups in total. The summed E-state index contributed by atoms with van der Waals surface area (Å²) >= 11 is 0. The number of hydrogen-bond acceptors (Lipinski definition) is 3. The van der Waals surface area contributed by atoms with E-state index in [0.29, 0.717) is 22.7 Å². The molecule has 3 nitrogen and oxygen atoms in total. The molecule has 0 heterocycles. The van der Waals surface area contributed by atoms with Crippen molar-refractivity contribution < 1.29 is 10.2 Å². The largest absolute Gasteiger partial charge is 0.390 e. The second-order valence-corrected chi connectivity index (χ2v) is 13.6. The van der Waals surface area contributed by atoms with E-state index in [-0.39, 0.29) is 5.92 Å². The summed E-state index contributed by atoms with van der Waals surface area (Å²) in [6.45, 7) is 11.0. The van der Waals surface area contributed by atoms with Crippen molar-refractivity contribution in [1.82, 2.24) is 0 Å². The van der Waals surface area contributed by atoms with Gasteiger partial charge in [-0.2, -0.15) is 5.26 Å². The van der Waals surface area contributed by atoms with E-state index in [1.165, 1.54) is 44.9 Å². The molecule has 0 aromatic heterocycles. The Balaban J connectivity index is 1.48. The third-order valence-corrected chi connectivity index (χ3v) is 11.5. The first-order valence-corrected chi connectivity index (χ1v) is 13.8. The van der Waals surface area contributed by atoms with Crippen molar-refractivity contribution in [2.24, 2.45) is 46.3 Å². The second kappa shape index (κ2) is 8.57. The standard InChI is InChI=1S/C29H49NO2/c1-6-29(32)17-16-27(4)21(18-29)9-10-22-24-12-11-23(28(24,5)15-13-25(22)27)20(19-30)8-7-14-26(2,3)31/h20-25,31-32H,6-18H2,1-5H3/t20-,21+,22+,23-,24+,25+,27+,28-,29+/m1/s1. The molecule has 0 saturated heterocycles. The molecule has 0 aliphatic heterocycles. The van der Waals surface area contributed by atoms with Crippen molar-refractivity contribution in [2.75, 3.05) is 0 Å². The van der Waals surface area contributed by atoms with Crippen molar-refractivity contribution in [3.8, 4) is 6.07 Å². The van der Waals surface area contributed by atoms with Crippen LogP contribution in [0, 0.1) is 57.7 Å². The number of nitrogens with zero attached hydrogens (tertiary/aromatic N) is 1. The molecule has 4 aliphatic carbocycles. The monoisotopic (exact) mass is 443 g/mol. The van der Waals surface area contributed by atoms with Crippen molar-refractivity contribution in [3.63, 3.8) is 0 Å². The van der Waals surface area contributed by atoms with Crippen LogP contribution in [0.15, 0.2) is 0 Å². The second-order valence-electron chi connectivity index (χ2n) is 13.6. The van der Waals surface area contributed by atoms with E-state index in [1.807, 2.05) is 13.8 Å². The molecule has 4 rings (SSSR count). The van der Waals surface area contributed by atoms with Crippen LogP contribution in [-0.2, 0) is 0 Å². The maximum atomic E-state index is 11.0. The lowest BCUT2D eigenvalue weighted by Crippen LogP contribution is -2.56. The Bertz CT molecular complexity index is 722. The Morgan fingerprint density at radius 2 is 1.72 bits per heavy atom. The predicted octanol–water partition coefficient (Wildman–Crippen LogP) is 6.87. The molecule has 0 amide bonds. The molecule has 9 atom stereocenters. The molecule has 0 aromatic carbocycles. The van der Waals surface area contributed by atoms with E-state index in [0.717, 1.165) is 56.3 Å². The fraction of sp³-hybridized carbons (Fsp3) is 0.966. The summed E-state index contributed by atoms with van der Waals surface area (Å²) in [5.74, 6) is 3.78. The molecule has 4 fully saturated rings. The van der Waals surface area contributed by atoms with Crippen LogP contribution in [0.5, 0.6) is 0 Å². The van der Waals surface area contributed by atoms with Crippen molar-refractivity contribution >= 4 is 0 Å². The van der Waals surface area contributed by atoms with E-state index in [9.17, 15) is 15.5 Å². The number of hydrogen-bond donors (Lipinski definition) is 2. The van der Waals surface area contributed by atoms with Gasteiger partial charge in [0.15, 0.2) is 0 Å². The SMILES string of the molecule is CC[C@]1(O)CC[C@@]2(C)[C@@H](CC[C@@H]3[C@@H]2CC[C@]2(C)[C@@H]([C@@H](C#N)CCCC(C)(C)O)CC[C@@H]32)C1. The van der Waals surface area contributed by atoms with Crippen LogP contribution in [-0.4, -0.2) is 21.4 Å². The van der Waals surface area contributed by atoms with Crippen LogP contribution >= 0.6 is 0 Å². The maximum absolute atomic E-state index is 11.0. The normalized spacial score (nSPS) is 47.1. The predicted molar refractivity (Wildman–Crippen MR) is 130 cm³/mol. The van der Waals surface area contributed by atoms with Gasteiger partial charge in [0.05, 0.1) is 17.3 Å². The van der Waals surface area contributed by atoms with Crippen LogP contribution in [0.2, 0.25) is 0 Å². The number of fused-ring (bicyclic) bond motifs is 5. The average molecular weight is 444 g/mol. The lowest BCUT2D eigenvalue weighted by molar-refractivity contribution is -0.152. The number of rotatable bonds is 6. The topological polar surface area (TPSA) is 64.2 Å². The van der Waals surface area contributed by atoms with Gasteiger partial charge in [0.1, 0.15) is 0 Å². The molecule has 0 unspecified atom stereocenters. The first-order valence-electron chi connectivity index (χ1n) is 13.8. The Kier molecular flexibility index (Phi) is 6.57. The van der Waals surface area contributed by atoms with Gasteiger partial charge in [-0.05, 0) is 138 Å². The van der Waals surface area contributed by atoms with Crippen LogP contribution < -0.4 is 0 Å². The lowest BCUT2D eigenvalue weighted by atomic mass is 9.43. The summed E-state index contributed by atoms with van der Waals surface area (Å²) in [6, 6.07) is 2.72. The highest BCUT2D eigenvalue weighted by Gasteiger charge is 2.61. The molecule has 4 saturated carbocycles. The first kappa shape index (κ1) is 24.5. The summed E-state index contributed by atoms with van der Waals surface area (Å²) in [4.78, 5) is 0. The summed E-state index contributed by atoms with van der Waals surface area (Å²) in [5.41, 5.74) is -0.316. The van der Waals surface area contributed by atoms with E-state index >= 15 is 0 Å². The van der Waals surface area contributed by atoms with Crippen LogP contribution in [0.3, 0.4) is 0 Å². The minimum absolute atomic E-state index is 0.144. The van der Waals surface area contributed by atoms with Gasteiger partial charge in [-0.25, -0.2) is 0 Å². The fourth-order valence-corrected chi connectivity index (χ4v) is 9.46. The van der Waals surface area contributed by atoms with Crippen LogP contribution in [0.1, 0.15) is 118 Å². The van der Waals surface area contributed by atoms with Crippen molar-refractivity contribution in [3.05, 3.63) is 0 Å². The van der Waals surface area contributed by atoms with Gasteiger partial charge in [0.25, 0.3) is 0 Å². The van der Waals surface area contributed by atoms with Gasteiger partial charge >= 0.3 is 0 Å². The average Bonchev–Trinajstić information content (AvgIpc) is 3.08. The third kappa shape index (κ3) is 4.17. The summed E-state index contributed by atoms with van der Waals surface area (Å²) in [7, 11) is 0. The molecule has 32 heavy (non-hydrogen) atoms. The number of aliphatic hydroxyl groups is 2. The lowest BCUT2D eigenvalue weighted by Gasteiger charge is -2.62. The highest BCUT2D eigenvalue weighted by molar-refractivity contribution is 5.12. The highest BCUT2D eigenvalue weighted by atomic mass is 16.3. The van der Waals surface area contributed by atoms with Crippen molar-refractivity contribution in [1.29, 1.82) is 5.26 Å². The molecule has 0 radical (unpaired) electrons. The van der Waals surface area contributed by atoms with Gasteiger partial charge < -0.3 is 10.2 Å². The Morgan fingerprint density at radius 3 is 2.38 bits per heavy atom. The Morgan fingerprint density at radius 1 is 1.00 bits per heavy atom. The molecule has 182 valence electrons. The molecule has 0 aromatic rings. The first-order chi connectivity index (χ1) is 15.0. The molecular formula is C29H49NO2. The fourth-order valence-electron chi connectivity index (χ4n) is 9.46. The highest BCUT2D eigenvalue weighted by Crippen LogP contribution is 2.69. The summed E-state index contributed by atoms with van der Waals surface area (Å²) in [6.07, 6.45) is 14.6. The van der Waals surface area contributed by atoms with Gasteiger partial charge in [-0.1, -0.05) is 20.8 Å². The zero-order chi connectivity index (χ0) is 23.4. The van der Waals surface area contributed by atoms with Crippen molar-refractivity contribution in [2.45, 2.75) is 129 Å². The molecule has 0 bridgehead atoms. The number of nitriles is 1. The van der Waals surface area contributed by atoms with E-state index in [2.05, 4.69) is 26.8 Å². The molecule has 3 heteroatoms. The van der Waals surface area contributed by atoms with Gasteiger partial charge in [-0.15, -0.1) is 0 Å². The third-order valence-electron chi connectivity index (χ3n) is 11.5. The summed E-state index contributed by atoms with van der Waals surface area (Å²) in [5, 5.41) is 31.2. The van der Waals surface area contributed by atoms with Gasteiger partial charge in [-0.3, -0.25) is 0 Å². The van der Waals surface area contributed by atoms with E-state index < -0.39 is 11.2 Å². The van der Waals surface area contributed by atoms with Crippen LogP contribution in [0.25, 0.3) is 0 Å². The van der Waals surface area contributed by atoms with E-state index in [1.54, 1.807) is 0 Å². The maximum Gasteiger partial charge on any atom is 0.0658 e. The zero-order valence-electron chi connectivity index (χ0n) is 21.5. The smallest absolute Gasteiger partial charge is 0.0658 e. The van der Waals surface area contributed by atoms with E-state index in [4.69, 9.17) is 0 Å². The Hall–Kier alpha value is -0.590. The van der Waals surface area contributed by atoms with Gasteiger partial charge in [0.2, 0.25) is 0 Å². The zero-order valence-corrected chi connectivity index (χ0v) is 21.5. The van der Waals surface area contributed by atoms with Crippen LogP contribution in [0.4, 0.5) is 0 Å². The minimum atomic E-state index is -0.627. The molecular weight excluding hydrogens is 394 g/mol. The quantitative estimate of drug-likeness (QED) is 0.471. The summed E-state index contributed by atoms with van der Waals surface area (Å²) < 4.78 is 0. The van der Waals surface area contributed by atoms with Gasteiger partial charge in [0, 0.05) is 5.92 Å². The Labute approximate surface area is 197 Å².